The zero-order valence-electron chi connectivity index (χ0n) is 9.76. The van der Waals surface area contributed by atoms with Gasteiger partial charge in [0.25, 0.3) is 5.78 Å². The first-order chi connectivity index (χ1) is 8.33. The fourth-order valence-electron chi connectivity index (χ4n) is 2.10. The van der Waals surface area contributed by atoms with E-state index in [1.165, 1.54) is 6.33 Å². The average molecular weight is 233 g/mol. The number of nitrogens with zero attached hydrogens (tertiary/aromatic N) is 4. The van der Waals surface area contributed by atoms with Crippen LogP contribution >= 0.6 is 0 Å². The summed E-state index contributed by atoms with van der Waals surface area (Å²) in [5.74, 6) is 1.56. The summed E-state index contributed by atoms with van der Waals surface area (Å²) < 4.78 is 7.18. The van der Waals surface area contributed by atoms with Gasteiger partial charge in [-0.3, -0.25) is 0 Å². The van der Waals surface area contributed by atoms with Crippen molar-refractivity contribution in [3.63, 3.8) is 0 Å². The van der Waals surface area contributed by atoms with Gasteiger partial charge in [0, 0.05) is 18.4 Å². The van der Waals surface area contributed by atoms with Gasteiger partial charge in [0.1, 0.15) is 12.1 Å². The van der Waals surface area contributed by atoms with Crippen LogP contribution in [0.5, 0.6) is 0 Å². The minimum Gasteiger partial charge on any atom is -0.379 e. The summed E-state index contributed by atoms with van der Waals surface area (Å²) in [4.78, 5) is 8.41. The third kappa shape index (κ3) is 2.08. The summed E-state index contributed by atoms with van der Waals surface area (Å²) in [6.07, 6.45) is 3.74. The molecule has 1 atom stereocenters. The molecular weight excluding hydrogens is 218 g/mol. The first kappa shape index (κ1) is 10.5. The number of ether oxygens (including phenoxy) is 1. The molecule has 0 spiro atoms. The van der Waals surface area contributed by atoms with E-state index in [0.29, 0.717) is 11.8 Å². The fourth-order valence-corrected chi connectivity index (χ4v) is 2.10. The Bertz CT molecular complexity index is 518. The Labute approximate surface area is 99.0 Å². The fraction of sp³-hybridized carbons (Fsp3) is 0.545. The van der Waals surface area contributed by atoms with Crippen molar-refractivity contribution in [1.82, 2.24) is 19.6 Å². The molecule has 0 saturated carbocycles. The molecule has 0 aliphatic carbocycles. The first-order valence-electron chi connectivity index (χ1n) is 5.84. The summed E-state index contributed by atoms with van der Waals surface area (Å²) in [7, 11) is 0. The van der Waals surface area contributed by atoms with Crippen molar-refractivity contribution in [2.75, 3.05) is 18.5 Å². The number of nitrogens with one attached hydrogen (secondary N) is 1. The van der Waals surface area contributed by atoms with E-state index in [9.17, 15) is 0 Å². The second kappa shape index (κ2) is 4.29. The standard InChI is InChI=1S/C11H15N5O/c1-8-5-10(15-9-3-2-4-17-6-9)16-11(14-8)12-7-13-16/h5,7,9,15H,2-4,6H2,1H3. The molecule has 0 radical (unpaired) electrons. The lowest BCUT2D eigenvalue weighted by Crippen LogP contribution is -2.30. The van der Waals surface area contributed by atoms with Crippen molar-refractivity contribution < 1.29 is 4.74 Å². The van der Waals surface area contributed by atoms with E-state index >= 15 is 0 Å². The number of hydrogen-bond donors (Lipinski definition) is 1. The molecule has 0 bridgehead atoms. The van der Waals surface area contributed by atoms with Gasteiger partial charge in [-0.15, -0.1) is 0 Å². The van der Waals surface area contributed by atoms with Gasteiger partial charge in [-0.1, -0.05) is 0 Å². The highest BCUT2D eigenvalue weighted by Crippen LogP contribution is 2.15. The van der Waals surface area contributed by atoms with Gasteiger partial charge in [-0.05, 0) is 19.8 Å². The maximum Gasteiger partial charge on any atom is 0.254 e. The number of aryl methyl sites for hydroxylation is 1. The number of rotatable bonds is 2. The minimum atomic E-state index is 0.345. The lowest BCUT2D eigenvalue weighted by molar-refractivity contribution is 0.0874. The normalized spacial score (nSPS) is 20.6. The van der Waals surface area contributed by atoms with Crippen molar-refractivity contribution >= 4 is 11.6 Å². The molecule has 3 rings (SSSR count). The van der Waals surface area contributed by atoms with Crippen LogP contribution in [0.25, 0.3) is 5.78 Å². The van der Waals surface area contributed by atoms with E-state index in [1.54, 1.807) is 4.52 Å². The van der Waals surface area contributed by atoms with E-state index < -0.39 is 0 Å². The molecular formula is C11H15N5O. The van der Waals surface area contributed by atoms with E-state index in [0.717, 1.165) is 37.6 Å². The van der Waals surface area contributed by atoms with Crippen LogP contribution in [0.1, 0.15) is 18.5 Å². The number of hydrogen-bond acceptors (Lipinski definition) is 5. The van der Waals surface area contributed by atoms with Gasteiger partial charge in [-0.2, -0.15) is 14.6 Å². The molecule has 0 amide bonds. The van der Waals surface area contributed by atoms with Crippen LogP contribution in [-0.2, 0) is 4.74 Å². The minimum absolute atomic E-state index is 0.345. The highest BCUT2D eigenvalue weighted by Gasteiger charge is 2.15. The summed E-state index contributed by atoms with van der Waals surface area (Å²) in [6.45, 7) is 3.57. The quantitative estimate of drug-likeness (QED) is 0.839. The topological polar surface area (TPSA) is 64.3 Å². The van der Waals surface area contributed by atoms with Crippen LogP contribution in [0.15, 0.2) is 12.4 Å². The summed E-state index contributed by atoms with van der Waals surface area (Å²) in [6, 6.07) is 2.33. The summed E-state index contributed by atoms with van der Waals surface area (Å²) >= 11 is 0. The second-order valence-corrected chi connectivity index (χ2v) is 4.31. The Balaban J connectivity index is 1.90. The summed E-state index contributed by atoms with van der Waals surface area (Å²) in [5.41, 5.74) is 0.935. The SMILES string of the molecule is Cc1cc(NC2CCCOC2)n2ncnc2n1. The molecule has 1 unspecified atom stereocenters. The molecule has 2 aromatic rings. The van der Waals surface area contributed by atoms with E-state index in [-0.39, 0.29) is 0 Å². The van der Waals surface area contributed by atoms with Gasteiger partial charge in [-0.25, -0.2) is 4.98 Å². The predicted octanol–water partition coefficient (Wildman–Crippen LogP) is 1.02. The van der Waals surface area contributed by atoms with Crippen molar-refractivity contribution in [1.29, 1.82) is 0 Å². The van der Waals surface area contributed by atoms with E-state index in [4.69, 9.17) is 4.74 Å². The van der Waals surface area contributed by atoms with Gasteiger partial charge < -0.3 is 10.1 Å². The van der Waals surface area contributed by atoms with Crippen LogP contribution in [0.2, 0.25) is 0 Å². The maximum absolute atomic E-state index is 5.45. The molecule has 1 fully saturated rings. The molecule has 1 saturated heterocycles. The van der Waals surface area contributed by atoms with Crippen molar-refractivity contribution in [3.05, 3.63) is 18.1 Å². The first-order valence-corrected chi connectivity index (χ1v) is 5.84. The van der Waals surface area contributed by atoms with E-state index in [1.807, 2.05) is 13.0 Å². The Morgan fingerprint density at radius 3 is 3.29 bits per heavy atom. The van der Waals surface area contributed by atoms with Crippen LogP contribution in [0, 0.1) is 6.92 Å². The molecule has 2 aromatic heterocycles. The van der Waals surface area contributed by atoms with Crippen LogP contribution in [0.3, 0.4) is 0 Å². The predicted molar refractivity (Wildman–Crippen MR) is 63.0 cm³/mol. The average Bonchev–Trinajstić information content (AvgIpc) is 2.78. The highest BCUT2D eigenvalue weighted by molar-refractivity contribution is 5.45. The van der Waals surface area contributed by atoms with Crippen LogP contribution in [-0.4, -0.2) is 38.8 Å². The van der Waals surface area contributed by atoms with Crippen LogP contribution < -0.4 is 5.32 Å². The van der Waals surface area contributed by atoms with Crippen molar-refractivity contribution in [3.8, 4) is 0 Å². The lowest BCUT2D eigenvalue weighted by atomic mass is 10.1. The van der Waals surface area contributed by atoms with Crippen molar-refractivity contribution in [2.45, 2.75) is 25.8 Å². The van der Waals surface area contributed by atoms with Crippen LogP contribution in [0.4, 0.5) is 5.82 Å². The molecule has 0 aromatic carbocycles. The van der Waals surface area contributed by atoms with Gasteiger partial charge >= 0.3 is 0 Å². The second-order valence-electron chi connectivity index (χ2n) is 4.31. The van der Waals surface area contributed by atoms with Crippen molar-refractivity contribution in [2.24, 2.45) is 0 Å². The largest absolute Gasteiger partial charge is 0.379 e. The highest BCUT2D eigenvalue weighted by atomic mass is 16.5. The number of aromatic nitrogens is 4. The molecule has 1 aliphatic heterocycles. The Hall–Kier alpha value is -1.69. The molecule has 3 heterocycles. The molecule has 6 nitrogen and oxygen atoms in total. The Morgan fingerprint density at radius 2 is 2.47 bits per heavy atom. The summed E-state index contributed by atoms with van der Waals surface area (Å²) in [5, 5.41) is 7.61. The van der Waals surface area contributed by atoms with Gasteiger partial charge in [0.15, 0.2) is 0 Å². The maximum atomic E-state index is 5.45. The monoisotopic (exact) mass is 233 g/mol. The number of fused-ring (bicyclic) bond motifs is 1. The third-order valence-corrected chi connectivity index (χ3v) is 2.89. The zero-order valence-corrected chi connectivity index (χ0v) is 9.76. The third-order valence-electron chi connectivity index (χ3n) is 2.89. The molecule has 1 aliphatic rings. The van der Waals surface area contributed by atoms with Gasteiger partial charge in [0.05, 0.1) is 12.6 Å². The molecule has 1 N–H and O–H groups in total. The molecule has 90 valence electrons. The molecule has 6 heteroatoms. The van der Waals surface area contributed by atoms with E-state index in [2.05, 4.69) is 20.4 Å². The Kier molecular flexibility index (Phi) is 2.64. The molecule has 17 heavy (non-hydrogen) atoms. The lowest BCUT2D eigenvalue weighted by Gasteiger charge is -2.24. The van der Waals surface area contributed by atoms with Gasteiger partial charge in [0.2, 0.25) is 0 Å². The zero-order chi connectivity index (χ0) is 11.7. The smallest absolute Gasteiger partial charge is 0.254 e. The number of anilines is 1. The Morgan fingerprint density at radius 1 is 1.53 bits per heavy atom.